The van der Waals surface area contributed by atoms with E-state index < -0.39 is 42.3 Å². The molecule has 3 aromatic carbocycles. The molecule has 0 aliphatic carbocycles. The van der Waals surface area contributed by atoms with Gasteiger partial charge in [-0.1, -0.05) is 195 Å². The fourth-order valence-electron chi connectivity index (χ4n) is 10.3. The molecule has 0 heterocycles. The van der Waals surface area contributed by atoms with E-state index in [2.05, 4.69) is 19.2 Å². The van der Waals surface area contributed by atoms with Gasteiger partial charge in [-0.3, -0.25) is 38.5 Å². The van der Waals surface area contributed by atoms with Gasteiger partial charge in [0, 0.05) is 72.0 Å². The molecule has 20 heteroatoms. The molecule has 0 saturated heterocycles. The lowest BCUT2D eigenvalue weighted by molar-refractivity contribution is -0.147. The third kappa shape index (κ3) is 31.9. The molecule has 0 saturated carbocycles. The summed E-state index contributed by atoms with van der Waals surface area (Å²) in [5, 5.41) is 15.2. The molecule has 10 N–H and O–H groups in total. The van der Waals surface area contributed by atoms with Gasteiger partial charge < -0.3 is 62.8 Å². The molecule has 0 aliphatic heterocycles. The number of primary amides is 1. The number of hydrogen-bond acceptors (Lipinski definition) is 13. The van der Waals surface area contributed by atoms with Crippen molar-refractivity contribution in [2.75, 3.05) is 124 Å². The molecular weight excluding hydrogens is 1090 g/mol. The fraction of sp³-hybridized carbons (Fsp3) is 0.621. The third-order valence-electron chi connectivity index (χ3n) is 15.4. The summed E-state index contributed by atoms with van der Waals surface area (Å²) >= 11 is 0. The summed E-state index contributed by atoms with van der Waals surface area (Å²) in [4.78, 5) is 109. The Hall–Kier alpha value is -6.29. The van der Waals surface area contributed by atoms with Crippen molar-refractivity contribution in [1.29, 1.82) is 0 Å². The van der Waals surface area contributed by atoms with Gasteiger partial charge in [0.25, 0.3) is 0 Å². The Labute approximate surface area is 514 Å². The molecule has 480 valence electrons. The number of benzene rings is 3. The van der Waals surface area contributed by atoms with Crippen LogP contribution in [0, 0.1) is 0 Å². The van der Waals surface area contributed by atoms with E-state index >= 15 is 0 Å². The van der Waals surface area contributed by atoms with Crippen molar-refractivity contribution in [2.45, 2.75) is 142 Å². The molecule has 0 aliphatic rings. The average Bonchev–Trinajstić information content (AvgIpc) is 3.69. The quantitative estimate of drug-likeness (QED) is 0.0335. The lowest BCUT2D eigenvalue weighted by Crippen LogP contribution is -2.55. The zero-order valence-electron chi connectivity index (χ0n) is 52.4. The van der Waals surface area contributed by atoms with Gasteiger partial charge in [0.15, 0.2) is 0 Å². The third-order valence-corrected chi connectivity index (χ3v) is 15.4. The zero-order chi connectivity index (χ0) is 62.6. The number of aliphatic hydroxyl groups excluding tert-OH is 1. The first-order valence-corrected chi connectivity index (χ1v) is 32.0. The molecule has 0 aromatic heterocycles. The van der Waals surface area contributed by atoms with Gasteiger partial charge in [0.2, 0.25) is 41.4 Å². The first kappa shape index (κ1) is 74.0. The fourth-order valence-corrected chi connectivity index (χ4v) is 10.3. The van der Waals surface area contributed by atoms with Crippen LogP contribution in [0.3, 0.4) is 0 Å². The Balaban J connectivity index is 1.91. The van der Waals surface area contributed by atoms with Crippen LogP contribution in [0.2, 0.25) is 0 Å². The molecule has 1 atom stereocenters. The van der Waals surface area contributed by atoms with Crippen LogP contribution in [0.4, 0.5) is 0 Å². The van der Waals surface area contributed by atoms with Crippen LogP contribution in [-0.4, -0.2) is 211 Å². The predicted molar refractivity (Wildman–Crippen MR) is 342 cm³/mol. The van der Waals surface area contributed by atoms with Crippen molar-refractivity contribution in [2.24, 2.45) is 22.9 Å². The molecule has 20 nitrogen and oxygen atoms in total. The van der Waals surface area contributed by atoms with E-state index in [0.29, 0.717) is 51.7 Å². The maximum absolute atomic E-state index is 14.8. The number of amides is 7. The summed E-state index contributed by atoms with van der Waals surface area (Å²) in [5.74, 6) is -3.19. The normalized spacial score (nSPS) is 11.5. The van der Waals surface area contributed by atoms with E-state index in [4.69, 9.17) is 22.9 Å². The topological polar surface area (TPSA) is 279 Å². The van der Waals surface area contributed by atoms with Crippen molar-refractivity contribution >= 4 is 41.4 Å². The second-order valence-electron chi connectivity index (χ2n) is 22.5. The number of carbonyl (C=O) groups is 7. The number of aliphatic hydroxyl groups is 1. The SMILES string of the molecule is CCCCCCCCCCN(CC(N)=O)C(=O)CN(CCCCCCCCCC)C(=O)CN(CCc1ccccc1)C(=O)CN(CCN)C(O)CN(CCc1ccccc1)C(=O)CN(CCN)C(=O)CN(CCc1ccccc1)C(=O)CNCCN. The number of nitrogens with one attached hydrogen (secondary N) is 1. The molecule has 0 spiro atoms. The highest BCUT2D eigenvalue weighted by Crippen LogP contribution is 2.15. The lowest BCUT2D eigenvalue weighted by atomic mass is 10.1. The maximum Gasteiger partial charge on any atom is 0.242 e. The predicted octanol–water partition coefficient (Wildman–Crippen LogP) is 4.54. The second kappa shape index (κ2) is 45.9. The van der Waals surface area contributed by atoms with Crippen LogP contribution in [0.15, 0.2) is 91.0 Å². The Morgan fingerprint density at radius 3 is 1.13 bits per heavy atom. The Bertz CT molecular complexity index is 2340. The molecule has 0 radical (unpaired) electrons. The minimum atomic E-state index is -1.42. The summed E-state index contributed by atoms with van der Waals surface area (Å²) < 4.78 is 0. The van der Waals surface area contributed by atoms with Crippen LogP contribution in [0.1, 0.15) is 133 Å². The molecule has 3 rings (SSSR count). The van der Waals surface area contributed by atoms with Gasteiger partial charge in [0.1, 0.15) is 6.23 Å². The van der Waals surface area contributed by atoms with Crippen molar-refractivity contribution < 1.29 is 38.7 Å². The molecule has 0 fully saturated rings. The van der Waals surface area contributed by atoms with Crippen LogP contribution in [0.25, 0.3) is 0 Å². The number of unbranched alkanes of at least 4 members (excludes halogenated alkanes) is 14. The summed E-state index contributed by atoms with van der Waals surface area (Å²) in [7, 11) is 0. The van der Waals surface area contributed by atoms with Gasteiger partial charge in [0.05, 0.1) is 52.4 Å². The van der Waals surface area contributed by atoms with E-state index in [9.17, 15) is 38.7 Å². The highest BCUT2D eigenvalue weighted by molar-refractivity contribution is 5.91. The molecule has 3 aromatic rings. The highest BCUT2D eigenvalue weighted by atomic mass is 16.3. The largest absolute Gasteiger partial charge is 0.376 e. The van der Waals surface area contributed by atoms with Gasteiger partial charge in [-0.15, -0.1) is 0 Å². The summed E-state index contributed by atoms with van der Waals surface area (Å²) in [6.07, 6.45) is 16.6. The van der Waals surface area contributed by atoms with Crippen LogP contribution in [-0.2, 0) is 52.8 Å². The van der Waals surface area contributed by atoms with Gasteiger partial charge in [-0.2, -0.15) is 0 Å². The number of hydrogen-bond donors (Lipinski definition) is 6. The van der Waals surface area contributed by atoms with Gasteiger partial charge >= 0.3 is 0 Å². The Morgan fingerprint density at radius 1 is 0.395 bits per heavy atom. The van der Waals surface area contributed by atoms with Gasteiger partial charge in [-0.25, -0.2) is 0 Å². The first-order valence-electron chi connectivity index (χ1n) is 32.0. The van der Waals surface area contributed by atoms with Crippen molar-refractivity contribution in [1.82, 2.24) is 39.6 Å². The van der Waals surface area contributed by atoms with Crippen LogP contribution >= 0.6 is 0 Å². The first-order chi connectivity index (χ1) is 41.7. The Morgan fingerprint density at radius 2 is 0.733 bits per heavy atom. The second-order valence-corrected chi connectivity index (χ2v) is 22.5. The molecule has 1 unspecified atom stereocenters. The van der Waals surface area contributed by atoms with Crippen LogP contribution in [0.5, 0.6) is 0 Å². The number of nitrogens with two attached hydrogens (primary N) is 4. The van der Waals surface area contributed by atoms with Crippen molar-refractivity contribution in [3.63, 3.8) is 0 Å². The van der Waals surface area contributed by atoms with Crippen molar-refractivity contribution in [3.05, 3.63) is 108 Å². The smallest absolute Gasteiger partial charge is 0.242 e. The molecule has 86 heavy (non-hydrogen) atoms. The summed E-state index contributed by atoms with van der Waals surface area (Å²) in [6, 6.07) is 28.7. The highest BCUT2D eigenvalue weighted by Gasteiger charge is 2.31. The number of carbonyl (C=O) groups excluding carboxylic acids is 7. The number of nitrogens with zero attached hydrogens (tertiary/aromatic N) is 7. The minimum absolute atomic E-state index is 0.0206. The lowest BCUT2D eigenvalue weighted by Gasteiger charge is -2.35. The number of rotatable bonds is 50. The summed E-state index contributed by atoms with van der Waals surface area (Å²) in [6.45, 7) is 4.14. The standard InChI is InChI=1S/C66H108N12O8/c1-3-5-7-9-11-13-15-26-41-72(49-59(70)79)61(81)50-73(42-27-16-14-12-10-8-6-4-2)62(82)52-75(44-35-57-30-22-18-23-31-57)63(83)55-78(47-39-69)66(86)53-76(45-36-58-32-24-19-25-33-58)64(84)54-77(46-38-68)65(85)51-74(60(80)48-71-40-37-67)43-34-56-28-20-17-21-29-56/h17-25,28-33,66,71,86H,3-16,26-27,34-55,67-69H2,1-2H3,(H2,70,79). The minimum Gasteiger partial charge on any atom is -0.376 e. The zero-order valence-corrected chi connectivity index (χ0v) is 52.4. The van der Waals surface area contributed by atoms with Gasteiger partial charge in [-0.05, 0) is 48.8 Å². The molecular formula is C66H108N12O8. The van der Waals surface area contributed by atoms with Crippen molar-refractivity contribution in [3.8, 4) is 0 Å². The van der Waals surface area contributed by atoms with E-state index in [0.717, 1.165) is 74.5 Å². The van der Waals surface area contributed by atoms with E-state index in [1.165, 1.54) is 66.4 Å². The monoisotopic (exact) mass is 1200 g/mol. The van der Waals surface area contributed by atoms with E-state index in [-0.39, 0.29) is 110 Å². The van der Waals surface area contributed by atoms with Crippen LogP contribution < -0.4 is 28.3 Å². The average molecular weight is 1200 g/mol. The Kier molecular flexibility index (Phi) is 39.5. The maximum atomic E-state index is 14.8. The summed E-state index contributed by atoms with van der Waals surface area (Å²) in [5.41, 5.74) is 26.4. The molecule has 0 bridgehead atoms. The molecule has 7 amide bonds. The van der Waals surface area contributed by atoms with E-state index in [1.807, 2.05) is 91.0 Å². The van der Waals surface area contributed by atoms with E-state index in [1.54, 1.807) is 0 Å².